The molecule has 7 heteroatoms. The van der Waals surface area contributed by atoms with Crippen molar-refractivity contribution in [1.29, 1.82) is 0 Å². The van der Waals surface area contributed by atoms with Crippen LogP contribution in [-0.2, 0) is 22.4 Å². The van der Waals surface area contributed by atoms with E-state index in [0.29, 0.717) is 6.54 Å². The fourth-order valence-corrected chi connectivity index (χ4v) is 3.97. The van der Waals surface area contributed by atoms with Crippen LogP contribution >= 0.6 is 11.3 Å². The van der Waals surface area contributed by atoms with E-state index < -0.39 is 0 Å². The Morgan fingerprint density at radius 1 is 1.26 bits per heavy atom. The highest BCUT2D eigenvalue weighted by molar-refractivity contribution is 7.13. The van der Waals surface area contributed by atoms with E-state index in [0.717, 1.165) is 39.8 Å². The number of amides is 2. The van der Waals surface area contributed by atoms with Gasteiger partial charge >= 0.3 is 0 Å². The van der Waals surface area contributed by atoms with Crippen LogP contribution in [-0.4, -0.2) is 28.3 Å². The molecule has 27 heavy (non-hydrogen) atoms. The first-order valence-corrected chi connectivity index (χ1v) is 9.55. The molecule has 3 aromatic rings. The van der Waals surface area contributed by atoms with Gasteiger partial charge in [-0.05, 0) is 42.3 Å². The molecule has 1 aliphatic heterocycles. The van der Waals surface area contributed by atoms with Crippen molar-refractivity contribution in [3.8, 4) is 10.7 Å². The van der Waals surface area contributed by atoms with Crippen molar-refractivity contribution >= 4 is 34.5 Å². The lowest BCUT2D eigenvalue weighted by atomic mass is 10.1. The van der Waals surface area contributed by atoms with Crippen molar-refractivity contribution in [2.24, 2.45) is 0 Å². The maximum Gasteiger partial charge on any atom is 0.230 e. The average molecular weight is 378 g/mol. The molecule has 2 amide bonds. The summed E-state index contributed by atoms with van der Waals surface area (Å²) in [6.45, 7) is 2.26. The second-order valence-corrected chi connectivity index (χ2v) is 7.21. The molecule has 0 fully saturated rings. The van der Waals surface area contributed by atoms with Gasteiger partial charge in [-0.1, -0.05) is 6.07 Å². The fourth-order valence-electron chi connectivity index (χ4n) is 3.17. The molecular formula is C20H18N4O2S. The van der Waals surface area contributed by atoms with Gasteiger partial charge in [0.15, 0.2) is 0 Å². The molecule has 0 unspecified atom stereocenters. The van der Waals surface area contributed by atoms with Crippen molar-refractivity contribution in [2.45, 2.75) is 19.8 Å². The first-order chi connectivity index (χ1) is 13.1. The zero-order valence-corrected chi connectivity index (χ0v) is 15.6. The summed E-state index contributed by atoms with van der Waals surface area (Å²) in [4.78, 5) is 34.5. The highest BCUT2D eigenvalue weighted by Gasteiger charge is 2.22. The summed E-state index contributed by atoms with van der Waals surface area (Å²) in [6, 6.07) is 11.3. The van der Waals surface area contributed by atoms with Gasteiger partial charge in [-0.2, -0.15) is 0 Å². The summed E-state index contributed by atoms with van der Waals surface area (Å²) in [5.41, 5.74) is 4.28. The van der Waals surface area contributed by atoms with Crippen molar-refractivity contribution in [3.63, 3.8) is 0 Å². The van der Waals surface area contributed by atoms with E-state index in [2.05, 4.69) is 15.3 Å². The molecule has 6 nitrogen and oxygen atoms in total. The van der Waals surface area contributed by atoms with Gasteiger partial charge in [0.05, 0.1) is 17.8 Å². The average Bonchev–Trinajstić information content (AvgIpc) is 3.29. The maximum absolute atomic E-state index is 12.4. The van der Waals surface area contributed by atoms with Crippen molar-refractivity contribution < 1.29 is 9.59 Å². The molecule has 0 aliphatic carbocycles. The number of fused-ring (bicyclic) bond motifs is 1. The largest absolute Gasteiger partial charge is 0.326 e. The Kier molecular flexibility index (Phi) is 4.68. The first-order valence-electron chi connectivity index (χ1n) is 8.67. The van der Waals surface area contributed by atoms with E-state index in [1.54, 1.807) is 18.0 Å². The molecular weight excluding hydrogens is 360 g/mol. The van der Waals surface area contributed by atoms with Crippen LogP contribution in [0.2, 0.25) is 0 Å². The van der Waals surface area contributed by atoms with E-state index in [1.165, 1.54) is 11.3 Å². The third-order valence-corrected chi connectivity index (χ3v) is 5.33. The van der Waals surface area contributed by atoms with Crippen molar-refractivity contribution in [2.75, 3.05) is 16.8 Å². The quantitative estimate of drug-likeness (QED) is 0.756. The lowest BCUT2D eigenvalue weighted by Crippen LogP contribution is -2.25. The number of thiazole rings is 1. The second kappa shape index (κ2) is 7.28. The zero-order chi connectivity index (χ0) is 18.8. The summed E-state index contributed by atoms with van der Waals surface area (Å²) >= 11 is 1.48. The molecule has 4 rings (SSSR count). The minimum Gasteiger partial charge on any atom is -0.326 e. The molecule has 1 N–H and O–H groups in total. The molecule has 0 bridgehead atoms. The van der Waals surface area contributed by atoms with Gasteiger partial charge in [0, 0.05) is 36.4 Å². The van der Waals surface area contributed by atoms with Gasteiger partial charge in [0.25, 0.3) is 0 Å². The predicted octanol–water partition coefficient (Wildman–Crippen LogP) is 3.30. The number of hydrogen-bond donors (Lipinski definition) is 1. The summed E-state index contributed by atoms with van der Waals surface area (Å²) in [5.74, 6) is -0.0768. The lowest BCUT2D eigenvalue weighted by Gasteiger charge is -2.15. The molecule has 1 aliphatic rings. The van der Waals surface area contributed by atoms with Crippen LogP contribution in [0.1, 0.15) is 18.2 Å². The monoisotopic (exact) mass is 378 g/mol. The number of nitrogens with zero attached hydrogens (tertiary/aromatic N) is 3. The number of anilines is 2. The number of pyridine rings is 1. The van der Waals surface area contributed by atoms with Gasteiger partial charge < -0.3 is 10.2 Å². The first kappa shape index (κ1) is 17.4. The number of nitrogens with one attached hydrogen (secondary N) is 1. The second-order valence-electron chi connectivity index (χ2n) is 6.35. The molecule has 0 radical (unpaired) electrons. The number of carbonyl (C=O) groups is 2. The van der Waals surface area contributed by atoms with Crippen molar-refractivity contribution in [1.82, 2.24) is 9.97 Å². The highest BCUT2D eigenvalue weighted by Crippen LogP contribution is 2.30. The van der Waals surface area contributed by atoms with E-state index in [1.807, 2.05) is 41.8 Å². The van der Waals surface area contributed by atoms with E-state index in [-0.39, 0.29) is 18.2 Å². The van der Waals surface area contributed by atoms with E-state index in [4.69, 9.17) is 0 Å². The Hall–Kier alpha value is -3.06. The maximum atomic E-state index is 12.4. The zero-order valence-electron chi connectivity index (χ0n) is 14.8. The van der Waals surface area contributed by atoms with Crippen LogP contribution in [0.5, 0.6) is 0 Å². The van der Waals surface area contributed by atoms with Crippen LogP contribution in [0.25, 0.3) is 10.7 Å². The van der Waals surface area contributed by atoms with E-state index >= 15 is 0 Å². The number of aromatic nitrogens is 2. The molecule has 136 valence electrons. The third kappa shape index (κ3) is 3.73. The van der Waals surface area contributed by atoms with Gasteiger partial charge in [-0.25, -0.2) is 4.98 Å². The molecule has 1 aromatic carbocycles. The van der Waals surface area contributed by atoms with Crippen LogP contribution in [0, 0.1) is 0 Å². The van der Waals surface area contributed by atoms with Gasteiger partial charge in [0.2, 0.25) is 11.8 Å². The summed E-state index contributed by atoms with van der Waals surface area (Å²) in [7, 11) is 0. The third-order valence-electron chi connectivity index (χ3n) is 4.42. The smallest absolute Gasteiger partial charge is 0.230 e. The van der Waals surface area contributed by atoms with Crippen molar-refractivity contribution in [3.05, 3.63) is 59.2 Å². The standard InChI is InChI=1S/C20H18N4O2S/c1-13(25)24-9-7-14-10-15(5-6-18(14)24)22-19(26)11-16-12-27-20(23-16)17-4-2-3-8-21-17/h2-6,8,10,12H,7,9,11H2,1H3,(H,22,26). The number of carbonyl (C=O) groups excluding carboxylic acids is 2. The topological polar surface area (TPSA) is 75.2 Å². The van der Waals surface area contributed by atoms with E-state index in [9.17, 15) is 9.59 Å². The van der Waals surface area contributed by atoms with Crippen LogP contribution in [0.3, 0.4) is 0 Å². The Labute approximate surface area is 160 Å². The molecule has 0 saturated heterocycles. The minimum absolute atomic E-state index is 0.0396. The summed E-state index contributed by atoms with van der Waals surface area (Å²) in [6.07, 6.45) is 2.74. The summed E-state index contributed by atoms with van der Waals surface area (Å²) in [5, 5.41) is 5.61. The Balaban J connectivity index is 1.42. The van der Waals surface area contributed by atoms with Gasteiger partial charge in [0.1, 0.15) is 5.01 Å². The predicted molar refractivity (Wildman–Crippen MR) is 106 cm³/mol. The summed E-state index contributed by atoms with van der Waals surface area (Å²) < 4.78 is 0. The Bertz CT molecular complexity index is 1000. The molecule has 0 spiro atoms. The minimum atomic E-state index is -0.116. The Morgan fingerprint density at radius 2 is 2.15 bits per heavy atom. The van der Waals surface area contributed by atoms with Crippen LogP contribution < -0.4 is 10.2 Å². The highest BCUT2D eigenvalue weighted by atomic mass is 32.1. The lowest BCUT2D eigenvalue weighted by molar-refractivity contribution is -0.117. The van der Waals surface area contributed by atoms with Gasteiger partial charge in [-0.3, -0.25) is 14.6 Å². The van der Waals surface area contributed by atoms with Gasteiger partial charge in [-0.15, -0.1) is 11.3 Å². The number of benzene rings is 1. The van der Waals surface area contributed by atoms with Crippen LogP contribution in [0.15, 0.2) is 48.0 Å². The number of hydrogen-bond acceptors (Lipinski definition) is 5. The van der Waals surface area contributed by atoms with Crippen LogP contribution in [0.4, 0.5) is 11.4 Å². The molecule has 2 aromatic heterocycles. The molecule has 0 atom stereocenters. The normalized spacial score (nSPS) is 12.7. The molecule has 0 saturated carbocycles. The fraction of sp³-hybridized carbons (Fsp3) is 0.200. The SMILES string of the molecule is CC(=O)N1CCc2cc(NC(=O)Cc3csc(-c4ccccn4)n3)ccc21. The number of rotatable bonds is 4. The Morgan fingerprint density at radius 3 is 2.93 bits per heavy atom. The molecule has 3 heterocycles.